The third kappa shape index (κ3) is 5.87. The van der Waals surface area contributed by atoms with E-state index in [0.29, 0.717) is 36.0 Å². The molecule has 0 spiro atoms. The Morgan fingerprint density at radius 3 is 2.44 bits per heavy atom. The van der Waals surface area contributed by atoms with Crippen LogP contribution in [-0.2, 0) is 11.2 Å². The SMILES string of the molecule is COc1cc(NCCC(=O)NCCc2ccccc2)c(OC)cc1Cl. The van der Waals surface area contributed by atoms with Gasteiger partial charge in [0.05, 0.1) is 24.9 Å². The summed E-state index contributed by atoms with van der Waals surface area (Å²) >= 11 is 6.08. The molecule has 6 heteroatoms. The molecular weight excluding hydrogens is 340 g/mol. The molecule has 2 aromatic carbocycles. The Morgan fingerprint density at radius 2 is 1.76 bits per heavy atom. The minimum absolute atomic E-state index is 0.00308. The minimum atomic E-state index is 0.00308. The summed E-state index contributed by atoms with van der Waals surface area (Å²) < 4.78 is 10.5. The van der Waals surface area contributed by atoms with Crippen LogP contribution in [0.2, 0.25) is 5.02 Å². The van der Waals surface area contributed by atoms with E-state index < -0.39 is 0 Å². The molecule has 0 fully saturated rings. The maximum atomic E-state index is 11.9. The second-order valence-corrected chi connectivity index (χ2v) is 5.86. The van der Waals surface area contributed by atoms with Gasteiger partial charge in [-0.3, -0.25) is 4.79 Å². The van der Waals surface area contributed by atoms with Gasteiger partial charge in [0, 0.05) is 31.6 Å². The molecule has 0 radical (unpaired) electrons. The van der Waals surface area contributed by atoms with Crippen LogP contribution in [-0.4, -0.2) is 33.2 Å². The lowest BCUT2D eigenvalue weighted by Gasteiger charge is -2.14. The van der Waals surface area contributed by atoms with Crippen molar-refractivity contribution in [1.82, 2.24) is 5.32 Å². The van der Waals surface area contributed by atoms with Gasteiger partial charge in [-0.05, 0) is 12.0 Å². The van der Waals surface area contributed by atoms with E-state index in [1.54, 1.807) is 26.4 Å². The molecular formula is C19H23ClN2O3. The second kappa shape index (κ2) is 9.79. The van der Waals surface area contributed by atoms with Gasteiger partial charge >= 0.3 is 0 Å². The topological polar surface area (TPSA) is 59.6 Å². The summed E-state index contributed by atoms with van der Waals surface area (Å²) in [6.45, 7) is 1.11. The van der Waals surface area contributed by atoms with Gasteiger partial charge in [-0.2, -0.15) is 0 Å². The van der Waals surface area contributed by atoms with Crippen LogP contribution >= 0.6 is 11.6 Å². The molecule has 25 heavy (non-hydrogen) atoms. The summed E-state index contributed by atoms with van der Waals surface area (Å²) in [6, 6.07) is 13.5. The number of hydrogen-bond donors (Lipinski definition) is 2. The second-order valence-electron chi connectivity index (χ2n) is 5.45. The zero-order valence-corrected chi connectivity index (χ0v) is 15.2. The molecule has 0 aliphatic rings. The molecule has 0 heterocycles. The summed E-state index contributed by atoms with van der Waals surface area (Å²) in [4.78, 5) is 11.9. The smallest absolute Gasteiger partial charge is 0.221 e. The Kier molecular flexibility index (Phi) is 7.41. The van der Waals surface area contributed by atoms with Gasteiger partial charge in [-0.15, -0.1) is 0 Å². The number of methoxy groups -OCH3 is 2. The van der Waals surface area contributed by atoms with Gasteiger partial charge in [0.2, 0.25) is 5.91 Å². The molecule has 2 N–H and O–H groups in total. The summed E-state index contributed by atoms with van der Waals surface area (Å²) in [5.41, 5.74) is 1.94. The largest absolute Gasteiger partial charge is 0.495 e. The van der Waals surface area contributed by atoms with Crippen LogP contribution < -0.4 is 20.1 Å². The number of hydrogen-bond acceptors (Lipinski definition) is 4. The molecule has 0 saturated heterocycles. The number of anilines is 1. The number of carbonyl (C=O) groups excluding carboxylic acids is 1. The predicted molar refractivity (Wildman–Crippen MR) is 101 cm³/mol. The highest BCUT2D eigenvalue weighted by Crippen LogP contribution is 2.35. The summed E-state index contributed by atoms with van der Waals surface area (Å²) in [7, 11) is 3.12. The molecule has 0 aliphatic heterocycles. The Hall–Kier alpha value is -2.40. The first kappa shape index (κ1) is 18.9. The molecule has 2 aromatic rings. The molecule has 0 unspecified atom stereocenters. The van der Waals surface area contributed by atoms with Crippen molar-refractivity contribution < 1.29 is 14.3 Å². The van der Waals surface area contributed by atoms with Gasteiger partial charge in [0.25, 0.3) is 0 Å². The Bertz CT molecular complexity index is 693. The van der Waals surface area contributed by atoms with Gasteiger partial charge in [0.15, 0.2) is 0 Å². The Morgan fingerprint density at radius 1 is 1.04 bits per heavy atom. The van der Waals surface area contributed by atoms with Crippen LogP contribution in [0, 0.1) is 0 Å². The summed E-state index contributed by atoms with van der Waals surface area (Å²) in [6.07, 6.45) is 1.19. The minimum Gasteiger partial charge on any atom is -0.495 e. The first-order valence-electron chi connectivity index (χ1n) is 8.10. The van der Waals surface area contributed by atoms with E-state index in [4.69, 9.17) is 21.1 Å². The van der Waals surface area contributed by atoms with Crippen molar-refractivity contribution in [2.24, 2.45) is 0 Å². The van der Waals surface area contributed by atoms with E-state index in [0.717, 1.165) is 12.1 Å². The highest BCUT2D eigenvalue weighted by atomic mass is 35.5. The molecule has 5 nitrogen and oxygen atoms in total. The van der Waals surface area contributed by atoms with E-state index in [-0.39, 0.29) is 5.91 Å². The lowest BCUT2D eigenvalue weighted by Crippen LogP contribution is -2.27. The third-order valence-electron chi connectivity index (χ3n) is 3.72. The van der Waals surface area contributed by atoms with Gasteiger partial charge < -0.3 is 20.1 Å². The van der Waals surface area contributed by atoms with Crippen molar-refractivity contribution in [2.45, 2.75) is 12.8 Å². The molecule has 0 aliphatic carbocycles. The first-order valence-corrected chi connectivity index (χ1v) is 8.48. The van der Waals surface area contributed by atoms with Crippen LogP contribution in [0.1, 0.15) is 12.0 Å². The fourth-order valence-corrected chi connectivity index (χ4v) is 2.62. The van der Waals surface area contributed by atoms with Crippen LogP contribution in [0.3, 0.4) is 0 Å². The monoisotopic (exact) mass is 362 g/mol. The fraction of sp³-hybridized carbons (Fsp3) is 0.316. The number of rotatable bonds is 9. The molecule has 134 valence electrons. The lowest BCUT2D eigenvalue weighted by molar-refractivity contribution is -0.120. The van der Waals surface area contributed by atoms with Crippen molar-refractivity contribution >= 4 is 23.2 Å². The van der Waals surface area contributed by atoms with Gasteiger partial charge in [-0.25, -0.2) is 0 Å². The number of amides is 1. The molecule has 0 aromatic heterocycles. The molecule has 0 atom stereocenters. The van der Waals surface area contributed by atoms with Crippen LogP contribution in [0.4, 0.5) is 5.69 Å². The van der Waals surface area contributed by atoms with E-state index >= 15 is 0 Å². The quantitative estimate of drug-likeness (QED) is 0.716. The standard InChI is InChI=1S/C19H23ClN2O3/c1-24-17-13-16(18(25-2)12-15(17)20)21-11-9-19(23)22-10-8-14-6-4-3-5-7-14/h3-7,12-13,21H,8-11H2,1-2H3,(H,22,23). The average Bonchev–Trinajstić information content (AvgIpc) is 2.63. The van der Waals surface area contributed by atoms with Crippen molar-refractivity contribution in [3.05, 3.63) is 53.1 Å². The zero-order valence-electron chi connectivity index (χ0n) is 14.5. The molecule has 0 saturated carbocycles. The highest BCUT2D eigenvalue weighted by Gasteiger charge is 2.10. The van der Waals surface area contributed by atoms with E-state index in [2.05, 4.69) is 10.6 Å². The van der Waals surface area contributed by atoms with Crippen LogP contribution in [0.5, 0.6) is 11.5 Å². The molecule has 1 amide bonds. The maximum Gasteiger partial charge on any atom is 0.221 e. The number of carbonyl (C=O) groups is 1. The fourth-order valence-electron chi connectivity index (χ4n) is 2.39. The number of halogens is 1. The average molecular weight is 363 g/mol. The van der Waals surface area contributed by atoms with Gasteiger partial charge in [-0.1, -0.05) is 41.9 Å². The predicted octanol–water partition coefficient (Wildman–Crippen LogP) is 3.52. The van der Waals surface area contributed by atoms with Crippen LogP contribution in [0.25, 0.3) is 0 Å². The number of benzene rings is 2. The van der Waals surface area contributed by atoms with Crippen molar-refractivity contribution in [1.29, 1.82) is 0 Å². The third-order valence-corrected chi connectivity index (χ3v) is 4.02. The van der Waals surface area contributed by atoms with Gasteiger partial charge in [0.1, 0.15) is 11.5 Å². The van der Waals surface area contributed by atoms with E-state index in [1.165, 1.54) is 5.56 Å². The summed E-state index contributed by atoms with van der Waals surface area (Å²) in [5, 5.41) is 6.58. The Balaban J connectivity index is 1.77. The summed E-state index contributed by atoms with van der Waals surface area (Å²) in [5.74, 6) is 1.16. The first-order chi connectivity index (χ1) is 12.1. The van der Waals surface area contributed by atoms with Crippen LogP contribution in [0.15, 0.2) is 42.5 Å². The zero-order chi connectivity index (χ0) is 18.1. The van der Waals surface area contributed by atoms with E-state index in [9.17, 15) is 4.79 Å². The molecule has 2 rings (SSSR count). The van der Waals surface area contributed by atoms with Crippen molar-refractivity contribution in [3.63, 3.8) is 0 Å². The maximum absolute atomic E-state index is 11.9. The highest BCUT2D eigenvalue weighted by molar-refractivity contribution is 6.32. The number of ether oxygens (including phenoxy) is 2. The normalized spacial score (nSPS) is 10.2. The van der Waals surface area contributed by atoms with Crippen molar-refractivity contribution in [3.8, 4) is 11.5 Å². The molecule has 0 bridgehead atoms. The lowest BCUT2D eigenvalue weighted by atomic mass is 10.1. The number of nitrogens with one attached hydrogen (secondary N) is 2. The Labute approximate surface area is 153 Å². The van der Waals surface area contributed by atoms with Crippen molar-refractivity contribution in [2.75, 3.05) is 32.6 Å². The van der Waals surface area contributed by atoms with E-state index in [1.807, 2.05) is 30.3 Å².